The zero-order valence-corrected chi connectivity index (χ0v) is 12.1. The number of aromatic hydroxyl groups is 2. The van der Waals surface area contributed by atoms with E-state index < -0.39 is 22.1 Å². The van der Waals surface area contributed by atoms with E-state index in [9.17, 15) is 25.1 Å². The molecule has 0 aliphatic rings. The van der Waals surface area contributed by atoms with Gasteiger partial charge >= 0.3 is 5.69 Å². The van der Waals surface area contributed by atoms with Crippen molar-refractivity contribution < 1.29 is 19.9 Å². The standard InChI is InChI=1S/C14H20N2O5/c1-9(2)15-13(18)6-4-3-5-10-7-11(16(20)21)14(19)12(17)8-10/h7-9,17,19H,3-6H2,1-2H3,(H,15,18). The van der Waals surface area contributed by atoms with Gasteiger partial charge < -0.3 is 15.5 Å². The molecule has 0 bridgehead atoms. The van der Waals surface area contributed by atoms with Crippen molar-refractivity contribution in [1.29, 1.82) is 0 Å². The third-order valence-electron chi connectivity index (χ3n) is 2.90. The summed E-state index contributed by atoms with van der Waals surface area (Å²) in [6.45, 7) is 3.77. The Hall–Kier alpha value is -2.31. The summed E-state index contributed by atoms with van der Waals surface area (Å²) in [5.41, 5.74) is 0.0452. The summed E-state index contributed by atoms with van der Waals surface area (Å²) < 4.78 is 0. The zero-order chi connectivity index (χ0) is 16.0. The Kier molecular flexibility index (Phi) is 5.95. The predicted molar refractivity (Wildman–Crippen MR) is 77.3 cm³/mol. The molecule has 0 spiro atoms. The number of nitro groups is 1. The van der Waals surface area contributed by atoms with E-state index in [0.29, 0.717) is 31.2 Å². The molecule has 0 saturated carbocycles. The Bertz CT molecular complexity index is 528. The second-order valence-electron chi connectivity index (χ2n) is 5.17. The van der Waals surface area contributed by atoms with Crippen LogP contribution in [0.5, 0.6) is 11.5 Å². The molecule has 0 saturated heterocycles. The lowest BCUT2D eigenvalue weighted by molar-refractivity contribution is -0.386. The van der Waals surface area contributed by atoms with Crippen molar-refractivity contribution in [2.45, 2.75) is 45.6 Å². The maximum Gasteiger partial charge on any atom is 0.314 e. The molecule has 7 nitrogen and oxygen atoms in total. The number of nitrogens with zero attached hydrogens (tertiary/aromatic N) is 1. The zero-order valence-electron chi connectivity index (χ0n) is 12.1. The first-order chi connectivity index (χ1) is 9.81. The van der Waals surface area contributed by atoms with Gasteiger partial charge in [0.15, 0.2) is 5.75 Å². The van der Waals surface area contributed by atoms with Gasteiger partial charge in [-0.3, -0.25) is 14.9 Å². The minimum Gasteiger partial charge on any atom is -0.504 e. The number of unbranched alkanes of at least 4 members (excludes halogenated alkanes) is 1. The average molecular weight is 296 g/mol. The fourth-order valence-corrected chi connectivity index (χ4v) is 1.95. The number of carbonyl (C=O) groups excluding carboxylic acids is 1. The first kappa shape index (κ1) is 16.7. The number of phenols is 2. The van der Waals surface area contributed by atoms with Gasteiger partial charge in [-0.05, 0) is 44.7 Å². The van der Waals surface area contributed by atoms with Crippen LogP contribution in [-0.4, -0.2) is 27.1 Å². The Morgan fingerprint density at radius 2 is 2.00 bits per heavy atom. The van der Waals surface area contributed by atoms with Crippen molar-refractivity contribution in [2.75, 3.05) is 0 Å². The highest BCUT2D eigenvalue weighted by molar-refractivity contribution is 5.76. The molecule has 21 heavy (non-hydrogen) atoms. The van der Waals surface area contributed by atoms with Gasteiger partial charge in [0.05, 0.1) is 4.92 Å². The number of carbonyl (C=O) groups is 1. The SMILES string of the molecule is CC(C)NC(=O)CCCCc1cc(O)c(O)c([N+](=O)[O-])c1. The summed E-state index contributed by atoms with van der Waals surface area (Å²) in [4.78, 5) is 21.4. The molecule has 7 heteroatoms. The molecular weight excluding hydrogens is 276 g/mol. The largest absolute Gasteiger partial charge is 0.504 e. The first-order valence-electron chi connectivity index (χ1n) is 6.80. The minimum absolute atomic E-state index is 0.0236. The van der Waals surface area contributed by atoms with Crippen LogP contribution in [0.15, 0.2) is 12.1 Å². The Labute approximate surface area is 122 Å². The molecule has 0 unspecified atom stereocenters. The van der Waals surface area contributed by atoms with Crippen molar-refractivity contribution in [3.05, 3.63) is 27.8 Å². The number of nitrogens with one attached hydrogen (secondary N) is 1. The van der Waals surface area contributed by atoms with Crippen molar-refractivity contribution in [3.8, 4) is 11.5 Å². The van der Waals surface area contributed by atoms with Gasteiger partial charge in [0, 0.05) is 18.5 Å². The summed E-state index contributed by atoms with van der Waals surface area (Å²) in [7, 11) is 0. The topological polar surface area (TPSA) is 113 Å². The molecule has 3 N–H and O–H groups in total. The lowest BCUT2D eigenvalue weighted by atomic mass is 10.1. The summed E-state index contributed by atoms with van der Waals surface area (Å²) >= 11 is 0. The molecule has 1 aromatic carbocycles. The lowest BCUT2D eigenvalue weighted by Crippen LogP contribution is -2.29. The van der Waals surface area contributed by atoms with Crippen LogP contribution in [-0.2, 0) is 11.2 Å². The Morgan fingerprint density at radius 1 is 1.33 bits per heavy atom. The molecule has 0 aliphatic heterocycles. The van der Waals surface area contributed by atoms with Gasteiger partial charge in [-0.1, -0.05) is 0 Å². The van der Waals surface area contributed by atoms with Crippen molar-refractivity contribution in [2.24, 2.45) is 0 Å². The summed E-state index contributed by atoms with van der Waals surface area (Å²) in [5, 5.41) is 32.3. The molecule has 0 aromatic heterocycles. The molecule has 0 heterocycles. The van der Waals surface area contributed by atoms with Crippen LogP contribution in [0.25, 0.3) is 0 Å². The Morgan fingerprint density at radius 3 is 2.57 bits per heavy atom. The fourth-order valence-electron chi connectivity index (χ4n) is 1.95. The van der Waals surface area contributed by atoms with Gasteiger partial charge in [-0.25, -0.2) is 0 Å². The van der Waals surface area contributed by atoms with Crippen LogP contribution < -0.4 is 5.32 Å². The van der Waals surface area contributed by atoms with Crippen LogP contribution >= 0.6 is 0 Å². The number of hydrogen-bond donors (Lipinski definition) is 3. The van der Waals surface area contributed by atoms with Gasteiger partial charge in [0.1, 0.15) is 0 Å². The average Bonchev–Trinajstić information content (AvgIpc) is 2.37. The smallest absolute Gasteiger partial charge is 0.314 e. The van der Waals surface area contributed by atoms with Gasteiger partial charge in [0.2, 0.25) is 11.7 Å². The minimum atomic E-state index is -0.741. The molecular formula is C14H20N2O5. The summed E-state index contributed by atoms with van der Waals surface area (Å²) in [6.07, 6.45) is 2.19. The van der Waals surface area contributed by atoms with Crippen LogP contribution in [0.1, 0.15) is 38.7 Å². The van der Waals surface area contributed by atoms with Crippen LogP contribution in [0, 0.1) is 10.1 Å². The Balaban J connectivity index is 2.53. The van der Waals surface area contributed by atoms with E-state index in [4.69, 9.17) is 0 Å². The number of aryl methyl sites for hydroxylation is 1. The van der Waals surface area contributed by atoms with E-state index >= 15 is 0 Å². The normalized spacial score (nSPS) is 10.6. The fraction of sp³-hybridized carbons (Fsp3) is 0.500. The van der Waals surface area contributed by atoms with Crippen molar-refractivity contribution in [3.63, 3.8) is 0 Å². The predicted octanol–water partition coefficient (Wildman–Crippen LogP) is 2.24. The summed E-state index contributed by atoms with van der Waals surface area (Å²) in [5.74, 6) is -1.25. The van der Waals surface area contributed by atoms with Crippen molar-refractivity contribution in [1.82, 2.24) is 5.32 Å². The number of rotatable bonds is 7. The third kappa shape index (κ3) is 5.29. The number of amides is 1. The molecule has 116 valence electrons. The summed E-state index contributed by atoms with van der Waals surface area (Å²) in [6, 6.07) is 2.65. The quantitative estimate of drug-likeness (QED) is 0.309. The van der Waals surface area contributed by atoms with Crippen LogP contribution in [0.2, 0.25) is 0 Å². The molecule has 0 atom stereocenters. The molecule has 1 rings (SSSR count). The van der Waals surface area contributed by atoms with Crippen molar-refractivity contribution >= 4 is 11.6 Å². The molecule has 0 fully saturated rings. The molecule has 1 amide bonds. The number of hydrogen-bond acceptors (Lipinski definition) is 5. The number of phenolic OH excluding ortho intramolecular Hbond substituents is 2. The molecule has 0 radical (unpaired) electrons. The molecule has 0 aliphatic carbocycles. The lowest BCUT2D eigenvalue weighted by Gasteiger charge is -2.08. The third-order valence-corrected chi connectivity index (χ3v) is 2.90. The van der Waals surface area contributed by atoms with E-state index in [1.165, 1.54) is 12.1 Å². The highest BCUT2D eigenvalue weighted by Gasteiger charge is 2.18. The monoisotopic (exact) mass is 296 g/mol. The van der Waals surface area contributed by atoms with Crippen LogP contribution in [0.4, 0.5) is 5.69 Å². The number of nitro benzene ring substituents is 1. The highest BCUT2D eigenvalue weighted by atomic mass is 16.6. The van der Waals surface area contributed by atoms with Gasteiger partial charge in [0.25, 0.3) is 0 Å². The van der Waals surface area contributed by atoms with E-state index in [0.717, 1.165) is 0 Å². The van der Waals surface area contributed by atoms with E-state index in [2.05, 4.69) is 5.32 Å². The highest BCUT2D eigenvalue weighted by Crippen LogP contribution is 2.36. The maximum atomic E-state index is 11.4. The van der Waals surface area contributed by atoms with E-state index in [1.807, 2.05) is 13.8 Å². The van der Waals surface area contributed by atoms with Crippen LogP contribution in [0.3, 0.4) is 0 Å². The second kappa shape index (κ2) is 7.47. The van der Waals surface area contributed by atoms with E-state index in [-0.39, 0.29) is 11.9 Å². The maximum absolute atomic E-state index is 11.4. The second-order valence-corrected chi connectivity index (χ2v) is 5.17. The molecule has 1 aromatic rings. The van der Waals surface area contributed by atoms with Gasteiger partial charge in [-0.2, -0.15) is 0 Å². The van der Waals surface area contributed by atoms with E-state index in [1.54, 1.807) is 0 Å². The first-order valence-corrected chi connectivity index (χ1v) is 6.80. The number of benzene rings is 1. The van der Waals surface area contributed by atoms with Gasteiger partial charge in [-0.15, -0.1) is 0 Å².